The van der Waals surface area contributed by atoms with Crippen molar-refractivity contribution in [1.82, 2.24) is 9.88 Å². The minimum absolute atomic E-state index is 0.204. The van der Waals surface area contributed by atoms with Crippen molar-refractivity contribution in [2.24, 2.45) is 0 Å². The Labute approximate surface area is 175 Å². The number of hydrogen-bond donors (Lipinski definition) is 0. The summed E-state index contributed by atoms with van der Waals surface area (Å²) < 4.78 is 6.85. The van der Waals surface area contributed by atoms with Crippen LogP contribution in [-0.4, -0.2) is 48.6 Å². The van der Waals surface area contributed by atoms with Crippen molar-refractivity contribution in [3.8, 4) is 5.75 Å². The fourth-order valence-corrected chi connectivity index (χ4v) is 4.70. The minimum Gasteiger partial charge on any atom is -0.492 e. The number of thiazole rings is 1. The highest BCUT2D eigenvalue weighted by atomic mass is 32.1. The normalized spacial score (nSPS) is 14.4. The number of rotatable bonds is 5. The van der Waals surface area contributed by atoms with Crippen LogP contribution < -0.4 is 9.64 Å². The molecule has 6 heteroatoms. The molecule has 1 fully saturated rings. The van der Waals surface area contributed by atoms with Crippen LogP contribution >= 0.6 is 11.3 Å². The van der Waals surface area contributed by atoms with E-state index in [0.29, 0.717) is 13.0 Å². The van der Waals surface area contributed by atoms with Crippen LogP contribution in [0.5, 0.6) is 5.75 Å². The maximum atomic E-state index is 12.7. The number of carbonyl (C=O) groups excluding carboxylic acids is 1. The first-order chi connectivity index (χ1) is 14.0. The molecule has 0 unspecified atom stereocenters. The summed E-state index contributed by atoms with van der Waals surface area (Å²) in [5.41, 5.74) is 4.53. The van der Waals surface area contributed by atoms with Gasteiger partial charge in [-0.15, -0.1) is 0 Å². The molecular weight excluding hydrogens is 382 g/mol. The number of ether oxygens (including phenoxy) is 1. The summed E-state index contributed by atoms with van der Waals surface area (Å²) in [5.74, 6) is 1.05. The molecular formula is C23H27N3O2S. The SMILES string of the molecule is CCOc1cccc2sc(N3CCN(C(=O)Cc4ccc(C)c(C)c4)CC3)nc12. The maximum Gasteiger partial charge on any atom is 0.227 e. The van der Waals surface area contributed by atoms with E-state index < -0.39 is 0 Å². The van der Waals surface area contributed by atoms with E-state index in [2.05, 4.69) is 43.0 Å². The van der Waals surface area contributed by atoms with Gasteiger partial charge in [0.05, 0.1) is 17.7 Å². The fraction of sp³-hybridized carbons (Fsp3) is 0.391. The van der Waals surface area contributed by atoms with Gasteiger partial charge in [-0.05, 0) is 49.6 Å². The zero-order chi connectivity index (χ0) is 20.4. The Kier molecular flexibility index (Phi) is 5.72. The molecule has 0 aliphatic carbocycles. The van der Waals surface area contributed by atoms with Crippen LogP contribution in [0.3, 0.4) is 0 Å². The number of aryl methyl sites for hydroxylation is 2. The number of fused-ring (bicyclic) bond motifs is 1. The van der Waals surface area contributed by atoms with E-state index in [-0.39, 0.29) is 5.91 Å². The summed E-state index contributed by atoms with van der Waals surface area (Å²) in [6.45, 7) is 9.89. The Morgan fingerprint density at radius 3 is 2.62 bits per heavy atom. The number of piperazine rings is 1. The van der Waals surface area contributed by atoms with Crippen molar-refractivity contribution in [1.29, 1.82) is 0 Å². The van der Waals surface area contributed by atoms with Crippen molar-refractivity contribution in [3.63, 3.8) is 0 Å². The van der Waals surface area contributed by atoms with Gasteiger partial charge in [0.2, 0.25) is 5.91 Å². The Balaban J connectivity index is 1.40. The zero-order valence-electron chi connectivity index (χ0n) is 17.3. The van der Waals surface area contributed by atoms with E-state index in [1.54, 1.807) is 11.3 Å². The van der Waals surface area contributed by atoms with Gasteiger partial charge in [0.25, 0.3) is 0 Å². The Morgan fingerprint density at radius 1 is 1.10 bits per heavy atom. The molecule has 4 rings (SSSR count). The van der Waals surface area contributed by atoms with E-state index in [1.807, 2.05) is 24.0 Å². The van der Waals surface area contributed by atoms with Crippen LogP contribution in [0, 0.1) is 13.8 Å². The molecule has 1 aliphatic rings. The molecule has 1 aliphatic heterocycles. The first-order valence-corrected chi connectivity index (χ1v) is 11.0. The molecule has 1 aromatic heterocycles. The summed E-state index contributed by atoms with van der Waals surface area (Å²) >= 11 is 1.69. The van der Waals surface area contributed by atoms with Crippen molar-refractivity contribution in [2.75, 3.05) is 37.7 Å². The molecule has 0 bridgehead atoms. The summed E-state index contributed by atoms with van der Waals surface area (Å²) in [5, 5.41) is 1.01. The predicted octanol–water partition coefficient (Wildman–Crippen LogP) is 4.20. The van der Waals surface area contributed by atoms with Gasteiger partial charge >= 0.3 is 0 Å². The molecule has 3 aromatic rings. The van der Waals surface area contributed by atoms with Crippen molar-refractivity contribution < 1.29 is 9.53 Å². The Bertz CT molecular complexity index is 1020. The highest BCUT2D eigenvalue weighted by Crippen LogP contribution is 2.34. The first kappa shape index (κ1) is 19.7. The molecule has 0 saturated carbocycles. The topological polar surface area (TPSA) is 45.7 Å². The second-order valence-electron chi connectivity index (χ2n) is 7.50. The molecule has 5 nitrogen and oxygen atoms in total. The van der Waals surface area contributed by atoms with Gasteiger partial charge in [0.1, 0.15) is 11.3 Å². The average Bonchev–Trinajstić information content (AvgIpc) is 3.16. The van der Waals surface area contributed by atoms with Gasteiger partial charge in [0.15, 0.2) is 5.13 Å². The molecule has 0 atom stereocenters. The fourth-order valence-electron chi connectivity index (χ4n) is 3.67. The minimum atomic E-state index is 0.204. The lowest BCUT2D eigenvalue weighted by Gasteiger charge is -2.34. The number of nitrogens with zero attached hydrogens (tertiary/aromatic N) is 3. The Hall–Kier alpha value is -2.60. The molecule has 1 saturated heterocycles. The number of benzene rings is 2. The van der Waals surface area contributed by atoms with Crippen LogP contribution in [0.4, 0.5) is 5.13 Å². The number of aromatic nitrogens is 1. The van der Waals surface area contributed by atoms with Gasteiger partial charge in [-0.2, -0.15) is 0 Å². The van der Waals surface area contributed by atoms with E-state index in [9.17, 15) is 4.79 Å². The second-order valence-corrected chi connectivity index (χ2v) is 8.50. The molecule has 29 heavy (non-hydrogen) atoms. The first-order valence-electron chi connectivity index (χ1n) is 10.2. The van der Waals surface area contributed by atoms with Gasteiger partial charge in [-0.25, -0.2) is 4.98 Å². The van der Waals surface area contributed by atoms with Gasteiger partial charge in [-0.3, -0.25) is 4.79 Å². The van der Waals surface area contributed by atoms with Gasteiger partial charge < -0.3 is 14.5 Å². The van der Waals surface area contributed by atoms with E-state index in [0.717, 1.165) is 52.8 Å². The Morgan fingerprint density at radius 2 is 1.90 bits per heavy atom. The molecule has 1 amide bonds. The monoisotopic (exact) mass is 409 g/mol. The molecule has 152 valence electrons. The molecule has 0 radical (unpaired) electrons. The standard InChI is InChI=1S/C23H27N3O2S/c1-4-28-19-6-5-7-20-22(19)24-23(29-20)26-12-10-25(11-13-26)21(27)15-18-9-8-16(2)17(3)14-18/h5-9,14H,4,10-13,15H2,1-3H3. The van der Waals surface area contributed by atoms with E-state index in [1.165, 1.54) is 11.1 Å². The number of amides is 1. The predicted molar refractivity (Wildman–Crippen MR) is 119 cm³/mol. The summed E-state index contributed by atoms with van der Waals surface area (Å²) in [6, 6.07) is 12.4. The summed E-state index contributed by atoms with van der Waals surface area (Å²) in [7, 11) is 0. The van der Waals surface area contributed by atoms with Crippen LogP contribution in [0.15, 0.2) is 36.4 Å². The maximum absolute atomic E-state index is 12.7. The summed E-state index contributed by atoms with van der Waals surface area (Å²) in [6.07, 6.45) is 0.472. The lowest BCUT2D eigenvalue weighted by Crippen LogP contribution is -2.49. The molecule has 0 spiro atoms. The molecule has 2 heterocycles. The van der Waals surface area contributed by atoms with E-state index >= 15 is 0 Å². The molecule has 2 aromatic carbocycles. The van der Waals surface area contributed by atoms with Crippen LogP contribution in [0.25, 0.3) is 10.2 Å². The van der Waals surface area contributed by atoms with Gasteiger partial charge in [0, 0.05) is 26.2 Å². The highest BCUT2D eigenvalue weighted by molar-refractivity contribution is 7.22. The van der Waals surface area contributed by atoms with Gasteiger partial charge in [-0.1, -0.05) is 35.6 Å². The van der Waals surface area contributed by atoms with E-state index in [4.69, 9.17) is 9.72 Å². The number of anilines is 1. The molecule has 0 N–H and O–H groups in total. The van der Waals surface area contributed by atoms with Crippen molar-refractivity contribution in [2.45, 2.75) is 27.2 Å². The number of carbonyl (C=O) groups is 1. The number of hydrogen-bond acceptors (Lipinski definition) is 5. The lowest BCUT2D eigenvalue weighted by atomic mass is 10.0. The third-order valence-electron chi connectivity index (χ3n) is 5.50. The van der Waals surface area contributed by atoms with Crippen molar-refractivity contribution >= 4 is 32.6 Å². The third kappa shape index (κ3) is 4.22. The summed E-state index contributed by atoms with van der Waals surface area (Å²) in [4.78, 5) is 21.8. The van der Waals surface area contributed by atoms with Crippen molar-refractivity contribution in [3.05, 3.63) is 53.1 Å². The van der Waals surface area contributed by atoms with Crippen LogP contribution in [0.1, 0.15) is 23.6 Å². The largest absolute Gasteiger partial charge is 0.492 e. The third-order valence-corrected chi connectivity index (χ3v) is 6.58. The zero-order valence-corrected chi connectivity index (χ0v) is 18.1. The lowest BCUT2D eigenvalue weighted by molar-refractivity contribution is -0.130. The number of para-hydroxylation sites is 1. The average molecular weight is 410 g/mol. The quantitative estimate of drug-likeness (QED) is 0.633. The van der Waals surface area contributed by atoms with Crippen LogP contribution in [-0.2, 0) is 11.2 Å². The highest BCUT2D eigenvalue weighted by Gasteiger charge is 2.23. The van der Waals surface area contributed by atoms with Crippen LogP contribution in [0.2, 0.25) is 0 Å². The smallest absolute Gasteiger partial charge is 0.227 e. The second kappa shape index (κ2) is 8.41.